The predicted octanol–water partition coefficient (Wildman–Crippen LogP) is 3.98. The average Bonchev–Trinajstić information content (AvgIpc) is 2.38. The number of hydrogen-bond acceptors (Lipinski definition) is 2. The van der Waals surface area contributed by atoms with Crippen molar-refractivity contribution in [3.8, 4) is 0 Å². The van der Waals surface area contributed by atoms with Gasteiger partial charge in [0.15, 0.2) is 0 Å². The molecule has 3 nitrogen and oxygen atoms in total. The van der Waals surface area contributed by atoms with Gasteiger partial charge in [-0.15, -0.1) is 0 Å². The average molecular weight is 304 g/mol. The largest absolute Gasteiger partial charge is 0.242 e. The Bertz CT molecular complexity index is 488. The van der Waals surface area contributed by atoms with Crippen molar-refractivity contribution < 1.29 is 8.42 Å². The van der Waals surface area contributed by atoms with Gasteiger partial charge in [-0.25, -0.2) is 13.1 Å². The second kappa shape index (κ2) is 7.88. The van der Waals surface area contributed by atoms with E-state index in [1.54, 1.807) is 18.2 Å². The quantitative estimate of drug-likeness (QED) is 0.738. The van der Waals surface area contributed by atoms with Crippen molar-refractivity contribution in [2.24, 2.45) is 0 Å². The molecule has 1 aromatic carbocycles. The van der Waals surface area contributed by atoms with E-state index in [-0.39, 0.29) is 16.0 Å². The maximum Gasteiger partial charge on any atom is 0.242 e. The van der Waals surface area contributed by atoms with E-state index in [0.717, 1.165) is 32.1 Å². The Morgan fingerprint density at radius 1 is 1.21 bits per heavy atom. The lowest BCUT2D eigenvalue weighted by Gasteiger charge is -2.17. The molecule has 1 unspecified atom stereocenters. The minimum absolute atomic E-state index is 0.0205. The molecule has 0 aliphatic carbocycles. The zero-order chi connectivity index (χ0) is 14.3. The number of sulfonamides is 1. The van der Waals surface area contributed by atoms with E-state index in [1.165, 1.54) is 6.07 Å². The van der Waals surface area contributed by atoms with Gasteiger partial charge in [0.05, 0.1) is 5.02 Å². The number of benzene rings is 1. The van der Waals surface area contributed by atoms with Gasteiger partial charge in [0.25, 0.3) is 0 Å². The van der Waals surface area contributed by atoms with E-state index in [0.29, 0.717) is 0 Å². The molecule has 5 heteroatoms. The number of halogens is 1. The van der Waals surface area contributed by atoms with Crippen LogP contribution in [0.2, 0.25) is 5.02 Å². The van der Waals surface area contributed by atoms with Crippen molar-refractivity contribution in [2.75, 3.05) is 0 Å². The second-order valence-electron chi connectivity index (χ2n) is 4.65. The Kier molecular flexibility index (Phi) is 6.83. The summed E-state index contributed by atoms with van der Waals surface area (Å²) in [6.45, 7) is 4.13. The first-order valence-corrected chi connectivity index (χ1v) is 8.64. The van der Waals surface area contributed by atoms with Crippen LogP contribution in [-0.2, 0) is 10.0 Å². The third-order valence-electron chi connectivity index (χ3n) is 3.10. The van der Waals surface area contributed by atoms with Gasteiger partial charge in [0, 0.05) is 6.04 Å². The summed E-state index contributed by atoms with van der Waals surface area (Å²) in [5, 5.41) is 0.262. The van der Waals surface area contributed by atoms with Crippen molar-refractivity contribution in [2.45, 2.75) is 56.9 Å². The SMILES string of the molecule is CCCCCC(CC)NS(=O)(=O)c1ccccc1Cl. The highest BCUT2D eigenvalue weighted by atomic mass is 35.5. The van der Waals surface area contributed by atoms with Crippen LogP contribution in [0.5, 0.6) is 0 Å². The van der Waals surface area contributed by atoms with Gasteiger partial charge in [-0.05, 0) is 25.0 Å². The highest BCUT2D eigenvalue weighted by Gasteiger charge is 2.20. The molecule has 1 N–H and O–H groups in total. The zero-order valence-electron chi connectivity index (χ0n) is 11.5. The number of nitrogens with one attached hydrogen (secondary N) is 1. The van der Waals surface area contributed by atoms with Crippen molar-refractivity contribution in [1.29, 1.82) is 0 Å². The minimum Gasteiger partial charge on any atom is -0.208 e. The fraction of sp³-hybridized carbons (Fsp3) is 0.571. The molecule has 108 valence electrons. The standard InChI is InChI=1S/C14H22ClNO2S/c1-3-5-6-9-12(4-2)16-19(17,18)14-11-8-7-10-13(14)15/h7-8,10-12,16H,3-6,9H2,1-2H3. The van der Waals surface area contributed by atoms with Crippen molar-refractivity contribution in [1.82, 2.24) is 4.72 Å². The molecule has 0 aliphatic heterocycles. The highest BCUT2D eigenvalue weighted by molar-refractivity contribution is 7.89. The van der Waals surface area contributed by atoms with Crippen LogP contribution in [-0.4, -0.2) is 14.5 Å². The normalized spacial score (nSPS) is 13.4. The monoisotopic (exact) mass is 303 g/mol. The van der Waals surface area contributed by atoms with Gasteiger partial charge in [-0.3, -0.25) is 0 Å². The Morgan fingerprint density at radius 2 is 1.89 bits per heavy atom. The van der Waals surface area contributed by atoms with Crippen LogP contribution in [0.15, 0.2) is 29.2 Å². The van der Waals surface area contributed by atoms with Gasteiger partial charge in [-0.2, -0.15) is 0 Å². The fourth-order valence-corrected chi connectivity index (χ4v) is 3.81. The lowest BCUT2D eigenvalue weighted by atomic mass is 10.1. The summed E-state index contributed by atoms with van der Waals surface area (Å²) in [7, 11) is -3.52. The molecule has 0 amide bonds. The first-order valence-electron chi connectivity index (χ1n) is 6.78. The summed E-state index contributed by atoms with van der Waals surface area (Å²) in [6.07, 6.45) is 4.96. The smallest absolute Gasteiger partial charge is 0.208 e. The summed E-state index contributed by atoms with van der Waals surface area (Å²) in [5.41, 5.74) is 0. The van der Waals surface area contributed by atoms with Crippen molar-refractivity contribution in [3.63, 3.8) is 0 Å². The first-order chi connectivity index (χ1) is 9.01. The van der Waals surface area contributed by atoms with Crippen molar-refractivity contribution >= 4 is 21.6 Å². The van der Waals surface area contributed by atoms with Gasteiger partial charge < -0.3 is 0 Å². The van der Waals surface area contributed by atoms with Crippen LogP contribution < -0.4 is 4.72 Å². The second-order valence-corrected chi connectivity index (χ2v) is 6.74. The predicted molar refractivity (Wildman–Crippen MR) is 80.0 cm³/mol. The zero-order valence-corrected chi connectivity index (χ0v) is 13.1. The molecule has 0 spiro atoms. The Hall–Kier alpha value is -0.580. The van der Waals surface area contributed by atoms with Gasteiger partial charge in [0.1, 0.15) is 4.90 Å². The molecule has 1 rings (SSSR count). The molecule has 19 heavy (non-hydrogen) atoms. The summed E-state index contributed by atoms with van der Waals surface area (Å²) >= 11 is 5.94. The Labute approximate surface area is 121 Å². The molecule has 0 aliphatic rings. The van der Waals surface area contributed by atoms with Gasteiger partial charge in [-0.1, -0.05) is 56.8 Å². The molecule has 0 heterocycles. The van der Waals surface area contributed by atoms with E-state index in [1.807, 2.05) is 6.92 Å². The van der Waals surface area contributed by atoms with Gasteiger partial charge in [0.2, 0.25) is 10.0 Å². The Morgan fingerprint density at radius 3 is 2.47 bits per heavy atom. The molecule has 0 bridgehead atoms. The highest BCUT2D eigenvalue weighted by Crippen LogP contribution is 2.21. The molecular weight excluding hydrogens is 282 g/mol. The Balaban J connectivity index is 2.75. The number of hydrogen-bond donors (Lipinski definition) is 1. The minimum atomic E-state index is -3.52. The van der Waals surface area contributed by atoms with Crippen LogP contribution in [0.25, 0.3) is 0 Å². The lowest BCUT2D eigenvalue weighted by Crippen LogP contribution is -2.34. The van der Waals surface area contributed by atoms with Crippen molar-refractivity contribution in [3.05, 3.63) is 29.3 Å². The summed E-state index contributed by atoms with van der Waals surface area (Å²) in [6, 6.07) is 6.50. The number of unbranched alkanes of at least 4 members (excludes halogenated alkanes) is 2. The number of rotatable bonds is 8. The van der Waals surface area contributed by atoms with Crippen LogP contribution in [0.4, 0.5) is 0 Å². The molecular formula is C14H22ClNO2S. The molecule has 1 atom stereocenters. The molecule has 0 radical (unpaired) electrons. The van der Waals surface area contributed by atoms with Crippen LogP contribution in [0.1, 0.15) is 46.0 Å². The summed E-state index contributed by atoms with van der Waals surface area (Å²) in [4.78, 5) is 0.158. The topological polar surface area (TPSA) is 46.2 Å². The summed E-state index contributed by atoms with van der Waals surface area (Å²) < 4.78 is 27.3. The van der Waals surface area contributed by atoms with E-state index in [2.05, 4.69) is 11.6 Å². The fourth-order valence-electron chi connectivity index (χ4n) is 1.93. The lowest BCUT2D eigenvalue weighted by molar-refractivity contribution is 0.494. The third-order valence-corrected chi connectivity index (χ3v) is 5.12. The maximum atomic E-state index is 12.3. The van der Waals surface area contributed by atoms with Crippen LogP contribution in [0.3, 0.4) is 0 Å². The maximum absolute atomic E-state index is 12.3. The van der Waals surface area contributed by atoms with Gasteiger partial charge >= 0.3 is 0 Å². The molecule has 0 saturated carbocycles. The van der Waals surface area contributed by atoms with E-state index < -0.39 is 10.0 Å². The van der Waals surface area contributed by atoms with E-state index >= 15 is 0 Å². The molecule has 0 aromatic heterocycles. The molecule has 0 fully saturated rings. The molecule has 1 aromatic rings. The van der Waals surface area contributed by atoms with E-state index in [4.69, 9.17) is 11.6 Å². The van der Waals surface area contributed by atoms with Crippen LogP contribution in [0, 0.1) is 0 Å². The third kappa shape index (κ3) is 5.13. The first kappa shape index (κ1) is 16.5. The molecule has 0 saturated heterocycles. The van der Waals surface area contributed by atoms with Crippen LogP contribution >= 0.6 is 11.6 Å². The summed E-state index contributed by atoms with van der Waals surface area (Å²) in [5.74, 6) is 0. The van der Waals surface area contributed by atoms with E-state index in [9.17, 15) is 8.42 Å².